The summed E-state index contributed by atoms with van der Waals surface area (Å²) in [5, 5.41) is 19.7. The number of hydrogen-bond donors (Lipinski definition) is 1. The third-order valence-corrected chi connectivity index (χ3v) is 4.34. The van der Waals surface area contributed by atoms with Crippen molar-refractivity contribution in [2.45, 2.75) is 78.4 Å². The summed E-state index contributed by atoms with van der Waals surface area (Å²) < 4.78 is 46.9. The van der Waals surface area contributed by atoms with Crippen LogP contribution in [0, 0.1) is 10.1 Å². The Morgan fingerprint density at radius 1 is 0.881 bits per heavy atom. The highest BCUT2D eigenvalue weighted by Gasteiger charge is 2.23. The molecule has 42 heavy (non-hydrogen) atoms. The monoisotopic (exact) mass is 657 g/mol. The molecular weight excluding hydrogens is 617 g/mol. The molecule has 1 N–H and O–H groups in total. The maximum absolute atomic E-state index is 11.9. The molecule has 0 amide bonds. The highest BCUT2D eigenvalue weighted by atomic mass is 35.5. The molecule has 0 aromatic heterocycles. The number of halogens is 6. The minimum Gasteiger partial charge on any atom is -0.464 e. The number of nitro benzene ring substituents is 1. The Kier molecular flexibility index (Phi) is 44.1. The van der Waals surface area contributed by atoms with Gasteiger partial charge in [-0.2, -0.15) is 0 Å². The van der Waals surface area contributed by atoms with E-state index in [9.17, 15) is 24.5 Å². The van der Waals surface area contributed by atoms with Crippen molar-refractivity contribution in [1.29, 1.82) is 0 Å². The average molecular weight is 659 g/mol. The number of ether oxygens (including phenoxy) is 3. The van der Waals surface area contributed by atoms with E-state index < -0.39 is 35.0 Å². The molecule has 1 rings (SSSR count). The summed E-state index contributed by atoms with van der Waals surface area (Å²) in [5.74, 6) is -1.79. The van der Waals surface area contributed by atoms with Crippen molar-refractivity contribution < 1.29 is 56.9 Å². The molecule has 0 radical (unpaired) electrons. The minimum absolute atomic E-state index is 0.123. The molecule has 0 saturated carbocycles. The Morgan fingerprint density at radius 2 is 1.29 bits per heavy atom. The van der Waals surface area contributed by atoms with E-state index in [1.54, 1.807) is 13.8 Å². The molecule has 2 atom stereocenters. The van der Waals surface area contributed by atoms with E-state index in [0.29, 0.717) is 26.1 Å². The lowest BCUT2D eigenvalue weighted by Crippen LogP contribution is -2.29. The normalized spacial score (nSPS) is 10.2. The van der Waals surface area contributed by atoms with Crippen molar-refractivity contribution in [3.63, 3.8) is 0 Å². The lowest BCUT2D eigenvalue weighted by atomic mass is 10.2. The largest absolute Gasteiger partial charge is 0.464 e. The summed E-state index contributed by atoms with van der Waals surface area (Å²) in [6, 6.07) is 4.99. The molecule has 0 aliphatic heterocycles. The summed E-state index contributed by atoms with van der Waals surface area (Å²) in [6.45, 7) is 14.2. The number of aliphatic hydroxyl groups excluding tert-OH is 1. The number of alkyl halides is 2. The molecule has 0 fully saturated rings. The van der Waals surface area contributed by atoms with Crippen LogP contribution in [0.1, 0.15) is 76.6 Å². The maximum Gasteiger partial charge on any atom is 0.347 e. The molecule has 10 nitrogen and oxygen atoms in total. The molecule has 0 bridgehead atoms. The Morgan fingerprint density at radius 3 is 1.62 bits per heavy atom. The summed E-state index contributed by atoms with van der Waals surface area (Å²) >= 11 is 9.53. The van der Waals surface area contributed by atoms with Gasteiger partial charge < -0.3 is 19.3 Å². The molecule has 2 unspecified atom stereocenters. The number of esters is 3. The fourth-order valence-corrected chi connectivity index (χ4v) is 2.20. The first-order valence-corrected chi connectivity index (χ1v) is 13.6. The van der Waals surface area contributed by atoms with Crippen LogP contribution < -0.4 is 0 Å². The highest BCUT2D eigenvalue weighted by Crippen LogP contribution is 2.14. The standard InChI is InChI=1S/C15H19NO6.C8H16O3.C2H4.CH2Cl2.2F2/c1-3-5-10-21-15(18)13(4-2)22-14(17)11-6-8-12(9-7-11)16(19)20;1-3-5-6-11-8(10)7(9)4-2;1-2;2-1-3;2*1-2/h6-9,13H,3-5,10H2,1-2H3;7,9H,3-6H2,1-2H3;1-2H2;1H2;;. The summed E-state index contributed by atoms with van der Waals surface area (Å²) in [6.07, 6.45) is 2.31. The maximum atomic E-state index is 11.9. The number of carbonyl (C=O) groups is 3. The average Bonchev–Trinajstić information content (AvgIpc) is 3.03. The van der Waals surface area contributed by atoms with Gasteiger partial charge in [-0.05, 0) is 37.8 Å². The van der Waals surface area contributed by atoms with Gasteiger partial charge in [-0.1, -0.05) is 40.5 Å². The van der Waals surface area contributed by atoms with Gasteiger partial charge in [0.2, 0.25) is 0 Å². The number of hydrogen-bond acceptors (Lipinski definition) is 9. The number of non-ortho nitro benzene ring substituents is 1. The number of rotatable bonds is 13. The molecule has 246 valence electrons. The van der Waals surface area contributed by atoms with Gasteiger partial charge in [-0.3, -0.25) is 10.1 Å². The Bertz CT molecular complexity index is 796. The molecule has 1 aromatic carbocycles. The number of carbonyl (C=O) groups excluding carboxylic acids is 3. The van der Waals surface area contributed by atoms with Crippen molar-refractivity contribution in [2.75, 3.05) is 18.6 Å². The molecule has 1 aromatic rings. The van der Waals surface area contributed by atoms with Crippen LogP contribution in [0.15, 0.2) is 37.4 Å². The fraction of sp³-hybridized carbons (Fsp3) is 0.577. The summed E-state index contributed by atoms with van der Waals surface area (Å²) in [5.41, 5.74) is 0.0213. The smallest absolute Gasteiger partial charge is 0.347 e. The fourth-order valence-electron chi connectivity index (χ4n) is 2.20. The van der Waals surface area contributed by atoms with Crippen LogP contribution in [-0.4, -0.2) is 58.7 Å². The second-order valence-corrected chi connectivity index (χ2v) is 7.98. The molecule has 0 aliphatic rings. The molecule has 0 aliphatic carbocycles. The van der Waals surface area contributed by atoms with Gasteiger partial charge in [0.1, 0.15) is 0 Å². The van der Waals surface area contributed by atoms with Crippen molar-refractivity contribution in [3.8, 4) is 0 Å². The number of nitro groups is 1. The zero-order valence-electron chi connectivity index (χ0n) is 24.2. The Hall–Kier alpha value is -2.97. The van der Waals surface area contributed by atoms with E-state index in [2.05, 4.69) is 13.2 Å². The number of benzene rings is 1. The van der Waals surface area contributed by atoms with Crippen LogP contribution in [0.3, 0.4) is 0 Å². The van der Waals surface area contributed by atoms with Crippen LogP contribution in [0.2, 0.25) is 0 Å². The van der Waals surface area contributed by atoms with E-state index in [1.807, 2.05) is 13.8 Å². The van der Waals surface area contributed by atoms with Gasteiger partial charge in [0.15, 0.2) is 12.2 Å². The summed E-state index contributed by atoms with van der Waals surface area (Å²) in [7, 11) is 0. The zero-order chi connectivity index (χ0) is 33.9. The van der Waals surface area contributed by atoms with E-state index >= 15 is 0 Å². The molecule has 0 heterocycles. The van der Waals surface area contributed by atoms with E-state index in [4.69, 9.17) is 60.8 Å². The topological polar surface area (TPSA) is 142 Å². The van der Waals surface area contributed by atoms with Crippen LogP contribution >= 0.6 is 23.2 Å². The second-order valence-electron chi connectivity index (χ2n) is 7.17. The SMILES string of the molecule is C=C.CCCCOC(=O)C(CC)OC(=O)c1ccc([N+](=O)[O-])cc1.CCCCOC(=O)C(O)CC.ClCCl.FF.FF. The van der Waals surface area contributed by atoms with Gasteiger partial charge >= 0.3 is 17.9 Å². The van der Waals surface area contributed by atoms with Crippen LogP contribution in [0.25, 0.3) is 0 Å². The van der Waals surface area contributed by atoms with Gasteiger partial charge in [0, 0.05) is 30.4 Å². The predicted octanol–water partition coefficient (Wildman–Crippen LogP) is 7.88. The third-order valence-electron chi connectivity index (χ3n) is 4.34. The summed E-state index contributed by atoms with van der Waals surface area (Å²) in [4.78, 5) is 44.5. The second kappa shape index (κ2) is 38.0. The third kappa shape index (κ3) is 28.6. The first-order chi connectivity index (χ1) is 20.1. The van der Waals surface area contributed by atoms with E-state index in [0.717, 1.165) is 25.7 Å². The van der Waals surface area contributed by atoms with Crippen LogP contribution in [0.5, 0.6) is 0 Å². The van der Waals surface area contributed by atoms with Crippen molar-refractivity contribution in [2.24, 2.45) is 0 Å². The molecule has 0 spiro atoms. The minimum atomic E-state index is -0.973. The quantitative estimate of drug-likeness (QED) is 0.0327. The predicted molar refractivity (Wildman–Crippen MR) is 153 cm³/mol. The van der Waals surface area contributed by atoms with E-state index in [-0.39, 0.29) is 16.6 Å². The molecule has 0 saturated heterocycles. The number of unbranched alkanes of at least 4 members (excludes halogenated alkanes) is 2. The van der Waals surface area contributed by atoms with Gasteiger partial charge in [-0.25, -0.2) is 14.4 Å². The van der Waals surface area contributed by atoms with E-state index in [1.165, 1.54) is 24.3 Å². The van der Waals surface area contributed by atoms with Gasteiger partial charge in [0.25, 0.3) is 5.69 Å². The van der Waals surface area contributed by atoms with Crippen molar-refractivity contribution in [1.82, 2.24) is 0 Å². The number of aliphatic hydroxyl groups is 1. The zero-order valence-corrected chi connectivity index (χ0v) is 25.7. The van der Waals surface area contributed by atoms with Crippen molar-refractivity contribution in [3.05, 3.63) is 53.1 Å². The molecular formula is C26H41Cl2F4NO9. The highest BCUT2D eigenvalue weighted by molar-refractivity contribution is 6.40. The van der Waals surface area contributed by atoms with Crippen LogP contribution in [-0.2, 0) is 23.8 Å². The molecule has 16 heteroatoms. The Labute approximate surface area is 253 Å². The van der Waals surface area contributed by atoms with Crippen molar-refractivity contribution >= 4 is 46.8 Å². The lowest BCUT2D eigenvalue weighted by molar-refractivity contribution is -0.384. The van der Waals surface area contributed by atoms with Gasteiger partial charge in [0.05, 0.1) is 29.0 Å². The number of nitrogens with zero attached hydrogens (tertiary/aromatic N) is 1. The Balaban J connectivity index is -0.000000191. The van der Waals surface area contributed by atoms with Gasteiger partial charge in [-0.15, -0.1) is 36.4 Å². The lowest BCUT2D eigenvalue weighted by Gasteiger charge is -2.15. The first kappa shape index (κ1) is 48.7. The first-order valence-electron chi connectivity index (χ1n) is 12.5. The van der Waals surface area contributed by atoms with Crippen LogP contribution in [0.4, 0.5) is 24.0 Å².